The molecule has 1 amide bonds. The molecule has 1 aliphatic heterocycles. The largest absolute Gasteiger partial charge is 0.326 e. The van der Waals surface area contributed by atoms with Crippen molar-refractivity contribution in [1.82, 2.24) is 10.0 Å². The highest BCUT2D eigenvalue weighted by Gasteiger charge is 2.57. The van der Waals surface area contributed by atoms with Gasteiger partial charge < -0.3 is 10.6 Å². The van der Waals surface area contributed by atoms with Crippen LogP contribution in [-0.4, -0.2) is 33.0 Å². The van der Waals surface area contributed by atoms with Gasteiger partial charge in [-0.3, -0.25) is 4.79 Å². The van der Waals surface area contributed by atoms with Crippen LogP contribution in [0.3, 0.4) is 0 Å². The standard InChI is InChI=1S/C19H29N3O3S.ClH/c1-13-5-6-14(11-16(13)26(24,25)22-18(2,3)4)21-17(23)15-12-19(15)7-9-20-10-8-19;/h5-6,11,15,20,22H,7-10,12H2,1-4H3,(H,21,23);1H. The summed E-state index contributed by atoms with van der Waals surface area (Å²) in [6.45, 7) is 9.10. The Hall–Kier alpha value is -1.15. The number of halogens is 1. The molecule has 6 nitrogen and oxygen atoms in total. The number of hydrogen-bond donors (Lipinski definition) is 3. The van der Waals surface area contributed by atoms with E-state index < -0.39 is 15.6 Å². The monoisotopic (exact) mass is 415 g/mol. The summed E-state index contributed by atoms with van der Waals surface area (Å²) in [5, 5.41) is 6.26. The van der Waals surface area contributed by atoms with Gasteiger partial charge in [0.05, 0.1) is 4.90 Å². The normalized spacial score (nSPS) is 21.4. The summed E-state index contributed by atoms with van der Waals surface area (Å²) in [6.07, 6.45) is 3.01. The van der Waals surface area contributed by atoms with Crippen LogP contribution in [0.25, 0.3) is 0 Å². The lowest BCUT2D eigenvalue weighted by Gasteiger charge is -2.23. The molecule has 1 saturated carbocycles. The van der Waals surface area contributed by atoms with Gasteiger partial charge in [0.25, 0.3) is 0 Å². The number of carbonyl (C=O) groups excluding carboxylic acids is 1. The molecule has 152 valence electrons. The number of piperidine rings is 1. The molecule has 0 bridgehead atoms. The fourth-order valence-corrected chi connectivity index (χ4v) is 5.54. The van der Waals surface area contributed by atoms with Gasteiger partial charge in [-0.1, -0.05) is 6.07 Å². The molecule has 1 spiro atoms. The highest BCUT2D eigenvalue weighted by Crippen LogP contribution is 2.58. The van der Waals surface area contributed by atoms with Crippen molar-refractivity contribution in [2.45, 2.75) is 57.4 Å². The molecule has 3 rings (SSSR count). The Labute approximate surface area is 168 Å². The van der Waals surface area contributed by atoms with Crippen LogP contribution in [0.5, 0.6) is 0 Å². The Bertz CT molecular complexity index is 812. The van der Waals surface area contributed by atoms with Crippen molar-refractivity contribution in [2.75, 3.05) is 18.4 Å². The second kappa shape index (κ2) is 7.70. The Morgan fingerprint density at radius 1 is 1.22 bits per heavy atom. The number of aryl methyl sites for hydroxylation is 1. The van der Waals surface area contributed by atoms with E-state index in [1.165, 1.54) is 0 Å². The van der Waals surface area contributed by atoms with Crippen molar-refractivity contribution in [2.24, 2.45) is 11.3 Å². The molecule has 0 radical (unpaired) electrons. The van der Waals surface area contributed by atoms with E-state index in [-0.39, 0.29) is 34.5 Å². The van der Waals surface area contributed by atoms with Crippen molar-refractivity contribution < 1.29 is 13.2 Å². The number of carbonyl (C=O) groups is 1. The van der Waals surface area contributed by atoms with Crippen molar-refractivity contribution in [3.8, 4) is 0 Å². The molecule has 0 aromatic heterocycles. The van der Waals surface area contributed by atoms with E-state index in [2.05, 4.69) is 15.4 Å². The highest BCUT2D eigenvalue weighted by atomic mass is 35.5. The zero-order valence-electron chi connectivity index (χ0n) is 16.4. The maximum Gasteiger partial charge on any atom is 0.241 e. The molecule has 1 unspecified atom stereocenters. The van der Waals surface area contributed by atoms with E-state index in [0.29, 0.717) is 11.3 Å². The summed E-state index contributed by atoms with van der Waals surface area (Å²) in [5.41, 5.74) is 0.773. The first kappa shape index (κ1) is 22.1. The molecule has 1 atom stereocenters. The fourth-order valence-electron chi connectivity index (χ4n) is 3.85. The van der Waals surface area contributed by atoms with Crippen molar-refractivity contribution in [3.63, 3.8) is 0 Å². The zero-order valence-corrected chi connectivity index (χ0v) is 18.0. The van der Waals surface area contributed by atoms with Crippen LogP contribution in [0.4, 0.5) is 5.69 Å². The molecule has 2 aliphatic rings. The molecule has 2 fully saturated rings. The van der Waals surface area contributed by atoms with Gasteiger partial charge in [-0.2, -0.15) is 0 Å². The highest BCUT2D eigenvalue weighted by molar-refractivity contribution is 7.89. The molecule has 27 heavy (non-hydrogen) atoms. The van der Waals surface area contributed by atoms with Crippen molar-refractivity contribution in [1.29, 1.82) is 0 Å². The lowest BCUT2D eigenvalue weighted by Crippen LogP contribution is -2.40. The SMILES string of the molecule is Cc1ccc(NC(=O)C2CC23CCNCC3)cc1S(=O)(=O)NC(C)(C)C.Cl. The predicted molar refractivity (Wildman–Crippen MR) is 110 cm³/mol. The predicted octanol–water partition coefficient (Wildman–Crippen LogP) is 2.82. The molecule has 1 saturated heterocycles. The van der Waals surface area contributed by atoms with Crippen LogP contribution in [0.1, 0.15) is 45.6 Å². The number of sulfonamides is 1. The number of amides is 1. The minimum Gasteiger partial charge on any atom is -0.326 e. The molecular formula is C19H30ClN3O3S. The lowest BCUT2D eigenvalue weighted by molar-refractivity contribution is -0.118. The molecule has 1 aromatic carbocycles. The van der Waals surface area contributed by atoms with E-state index in [4.69, 9.17) is 0 Å². The third kappa shape index (κ3) is 5.02. The van der Waals surface area contributed by atoms with Gasteiger partial charge in [0.2, 0.25) is 15.9 Å². The van der Waals surface area contributed by atoms with Crippen LogP contribution in [-0.2, 0) is 14.8 Å². The van der Waals surface area contributed by atoms with Gasteiger partial charge in [-0.25, -0.2) is 13.1 Å². The summed E-state index contributed by atoms with van der Waals surface area (Å²) >= 11 is 0. The molecule has 3 N–H and O–H groups in total. The van der Waals surface area contributed by atoms with Crippen LogP contribution in [0.15, 0.2) is 23.1 Å². The topological polar surface area (TPSA) is 87.3 Å². The minimum atomic E-state index is -3.65. The number of rotatable bonds is 4. The Morgan fingerprint density at radius 2 is 1.85 bits per heavy atom. The van der Waals surface area contributed by atoms with E-state index in [0.717, 1.165) is 32.4 Å². The summed E-state index contributed by atoms with van der Waals surface area (Å²) in [7, 11) is -3.65. The summed E-state index contributed by atoms with van der Waals surface area (Å²) in [4.78, 5) is 12.8. The maximum absolute atomic E-state index is 12.7. The average Bonchev–Trinajstić information content (AvgIpc) is 3.20. The van der Waals surface area contributed by atoms with Gasteiger partial charge in [0.1, 0.15) is 0 Å². The first-order valence-electron chi connectivity index (χ1n) is 9.19. The smallest absolute Gasteiger partial charge is 0.241 e. The van der Waals surface area contributed by atoms with Crippen LogP contribution < -0.4 is 15.4 Å². The molecule has 1 heterocycles. The number of benzene rings is 1. The van der Waals surface area contributed by atoms with Gasteiger partial charge in [0, 0.05) is 17.1 Å². The average molecular weight is 416 g/mol. The van der Waals surface area contributed by atoms with Gasteiger partial charge in [0.15, 0.2) is 0 Å². The molecule has 8 heteroatoms. The van der Waals surface area contributed by atoms with E-state index in [1.54, 1.807) is 45.9 Å². The maximum atomic E-state index is 12.7. The third-order valence-electron chi connectivity index (χ3n) is 5.29. The van der Waals surface area contributed by atoms with Gasteiger partial charge in [-0.15, -0.1) is 12.4 Å². The minimum absolute atomic E-state index is 0. The zero-order chi connectivity index (χ0) is 19.2. The molecule has 1 aliphatic carbocycles. The third-order valence-corrected chi connectivity index (χ3v) is 7.19. The number of hydrogen-bond acceptors (Lipinski definition) is 4. The summed E-state index contributed by atoms with van der Waals surface area (Å²) in [5.74, 6) is 0.0431. The Balaban J connectivity index is 0.00000261. The van der Waals surface area contributed by atoms with Gasteiger partial charge >= 0.3 is 0 Å². The lowest BCUT2D eigenvalue weighted by atomic mass is 9.92. The van der Waals surface area contributed by atoms with Gasteiger partial charge in [-0.05, 0) is 83.2 Å². The number of nitrogens with one attached hydrogen (secondary N) is 3. The fraction of sp³-hybridized carbons (Fsp3) is 0.632. The first-order chi connectivity index (χ1) is 12.0. The quantitative estimate of drug-likeness (QED) is 0.705. The van der Waals surface area contributed by atoms with Crippen LogP contribution in [0.2, 0.25) is 0 Å². The van der Waals surface area contributed by atoms with Crippen molar-refractivity contribution >= 4 is 34.0 Å². The molecule has 1 aromatic rings. The van der Waals surface area contributed by atoms with E-state index in [9.17, 15) is 13.2 Å². The Kier molecular flexibility index (Phi) is 6.31. The first-order valence-corrected chi connectivity index (χ1v) is 10.7. The number of anilines is 1. The van der Waals surface area contributed by atoms with E-state index >= 15 is 0 Å². The Morgan fingerprint density at radius 3 is 2.44 bits per heavy atom. The second-order valence-corrected chi connectivity index (χ2v) is 10.3. The molecular weight excluding hydrogens is 386 g/mol. The van der Waals surface area contributed by atoms with E-state index in [1.807, 2.05) is 0 Å². The summed E-state index contributed by atoms with van der Waals surface area (Å²) in [6, 6.07) is 5.06. The van der Waals surface area contributed by atoms with Crippen molar-refractivity contribution in [3.05, 3.63) is 23.8 Å². The van der Waals surface area contributed by atoms with Crippen LogP contribution in [0, 0.1) is 18.3 Å². The van der Waals surface area contributed by atoms with Crippen LogP contribution >= 0.6 is 12.4 Å². The second-order valence-electron chi connectivity index (χ2n) is 8.69. The summed E-state index contributed by atoms with van der Waals surface area (Å²) < 4.78 is 28.0.